The van der Waals surface area contributed by atoms with Crippen LogP contribution in [0.3, 0.4) is 0 Å². The minimum atomic E-state index is -0.306. The molecule has 1 aromatic carbocycles. The highest BCUT2D eigenvalue weighted by Crippen LogP contribution is 2.06. The Bertz CT molecular complexity index is 310. The highest BCUT2D eigenvalue weighted by atomic mass is 19.1. The Morgan fingerprint density at radius 3 is 2.62 bits per heavy atom. The number of benzene rings is 1. The Balaban J connectivity index is 2.25. The first-order chi connectivity index (χ1) is 6.27. The maximum Gasteiger partial charge on any atom is 0.494 e. The monoisotopic (exact) mass is 180 g/mol. The van der Waals surface area contributed by atoms with Crippen LogP contribution in [0.5, 0.6) is 0 Å². The van der Waals surface area contributed by atoms with Crippen LogP contribution in [0.2, 0.25) is 0 Å². The van der Waals surface area contributed by atoms with Crippen molar-refractivity contribution in [3.8, 4) is 0 Å². The summed E-state index contributed by atoms with van der Waals surface area (Å²) in [5.74, 6) is -0.193. The van der Waals surface area contributed by atoms with Crippen LogP contribution in [-0.2, 0) is 9.31 Å². The molecular weight excluding hydrogens is 170 g/mol. The van der Waals surface area contributed by atoms with Gasteiger partial charge >= 0.3 is 7.12 Å². The predicted molar refractivity (Wildman–Crippen MR) is 48.4 cm³/mol. The lowest BCUT2D eigenvalue weighted by atomic mass is 9.79. The van der Waals surface area contributed by atoms with E-state index in [2.05, 4.69) is 0 Å². The van der Waals surface area contributed by atoms with Crippen LogP contribution in [0, 0.1) is 12.7 Å². The zero-order valence-electron chi connectivity index (χ0n) is 7.42. The Labute approximate surface area is 76.8 Å². The minimum Gasteiger partial charge on any atom is -0.405 e. The lowest BCUT2D eigenvalue weighted by Crippen LogP contribution is -2.31. The summed E-state index contributed by atoms with van der Waals surface area (Å²) in [6.45, 7) is 2.95. The molecule has 0 saturated carbocycles. The van der Waals surface area contributed by atoms with Crippen molar-refractivity contribution in [1.29, 1.82) is 0 Å². The van der Waals surface area contributed by atoms with Crippen LogP contribution in [0.25, 0.3) is 0 Å². The number of aryl methyl sites for hydroxylation is 1. The summed E-state index contributed by atoms with van der Waals surface area (Å²) in [5, 5.41) is 0. The van der Waals surface area contributed by atoms with Crippen LogP contribution in [0.4, 0.5) is 4.39 Å². The van der Waals surface area contributed by atoms with Crippen molar-refractivity contribution >= 4 is 12.6 Å². The van der Waals surface area contributed by atoms with Crippen molar-refractivity contribution in [3.05, 3.63) is 29.6 Å². The van der Waals surface area contributed by atoms with Crippen molar-refractivity contribution in [2.75, 3.05) is 13.2 Å². The number of hydrogen-bond donors (Lipinski definition) is 0. The topological polar surface area (TPSA) is 18.5 Å². The molecule has 68 valence electrons. The summed E-state index contributed by atoms with van der Waals surface area (Å²) in [6.07, 6.45) is 0. The Morgan fingerprint density at radius 1 is 1.31 bits per heavy atom. The van der Waals surface area contributed by atoms with Crippen LogP contribution in [-0.4, -0.2) is 20.3 Å². The molecule has 1 saturated heterocycles. The molecule has 1 fully saturated rings. The second-order valence-corrected chi connectivity index (χ2v) is 3.08. The maximum atomic E-state index is 12.9. The summed E-state index contributed by atoms with van der Waals surface area (Å²) in [7, 11) is -0.306. The molecule has 1 aliphatic rings. The summed E-state index contributed by atoms with van der Waals surface area (Å²) in [6, 6.07) is 4.89. The summed E-state index contributed by atoms with van der Waals surface area (Å²) in [4.78, 5) is 0. The summed E-state index contributed by atoms with van der Waals surface area (Å²) in [5.41, 5.74) is 1.51. The molecule has 4 heteroatoms. The van der Waals surface area contributed by atoms with Gasteiger partial charge in [0.2, 0.25) is 0 Å². The van der Waals surface area contributed by atoms with E-state index in [1.54, 1.807) is 19.1 Å². The maximum absolute atomic E-state index is 12.9. The number of halogens is 1. The average molecular weight is 180 g/mol. The predicted octanol–water partition coefficient (Wildman–Crippen LogP) is 0.876. The zero-order chi connectivity index (χ0) is 9.26. The largest absolute Gasteiger partial charge is 0.494 e. The molecule has 1 aliphatic heterocycles. The highest BCUT2D eigenvalue weighted by molar-refractivity contribution is 6.61. The highest BCUT2D eigenvalue weighted by Gasteiger charge is 2.26. The molecule has 1 heterocycles. The van der Waals surface area contributed by atoms with Crippen LogP contribution in [0.15, 0.2) is 18.2 Å². The standard InChI is InChI=1S/C9H10BFO2/c1-7-6-8(2-3-9(7)11)10-12-4-5-13-10/h2-3,6H,4-5H2,1H3. The van der Waals surface area contributed by atoms with Crippen molar-refractivity contribution in [2.24, 2.45) is 0 Å². The van der Waals surface area contributed by atoms with Gasteiger partial charge in [-0.15, -0.1) is 0 Å². The average Bonchev–Trinajstić information content (AvgIpc) is 2.62. The fourth-order valence-electron chi connectivity index (χ4n) is 1.37. The van der Waals surface area contributed by atoms with Crippen LogP contribution in [0.1, 0.15) is 5.56 Å². The third-order valence-corrected chi connectivity index (χ3v) is 2.08. The lowest BCUT2D eigenvalue weighted by Gasteiger charge is -2.05. The van der Waals surface area contributed by atoms with E-state index < -0.39 is 0 Å². The molecule has 0 N–H and O–H groups in total. The van der Waals surface area contributed by atoms with Gasteiger partial charge in [0.1, 0.15) is 5.82 Å². The van der Waals surface area contributed by atoms with E-state index in [0.29, 0.717) is 18.8 Å². The fraction of sp³-hybridized carbons (Fsp3) is 0.333. The third kappa shape index (κ3) is 1.74. The Hall–Kier alpha value is -0.865. The second-order valence-electron chi connectivity index (χ2n) is 3.08. The normalized spacial score (nSPS) is 16.6. The van der Waals surface area contributed by atoms with Crippen LogP contribution >= 0.6 is 0 Å². The van der Waals surface area contributed by atoms with Crippen LogP contribution < -0.4 is 5.46 Å². The molecule has 0 amide bonds. The molecule has 0 spiro atoms. The molecule has 2 rings (SSSR count). The van der Waals surface area contributed by atoms with Gasteiger partial charge in [0.05, 0.1) is 13.2 Å². The SMILES string of the molecule is Cc1cc(B2OCCO2)ccc1F. The molecule has 0 atom stereocenters. The van der Waals surface area contributed by atoms with Gasteiger partial charge in [-0.1, -0.05) is 12.1 Å². The van der Waals surface area contributed by atoms with E-state index in [0.717, 1.165) is 5.46 Å². The van der Waals surface area contributed by atoms with Crippen molar-refractivity contribution in [2.45, 2.75) is 6.92 Å². The van der Waals surface area contributed by atoms with Gasteiger partial charge in [0.25, 0.3) is 0 Å². The molecule has 0 bridgehead atoms. The lowest BCUT2D eigenvalue weighted by molar-refractivity contribution is 0.365. The van der Waals surface area contributed by atoms with Gasteiger partial charge < -0.3 is 9.31 Å². The van der Waals surface area contributed by atoms with Gasteiger partial charge in [-0.25, -0.2) is 4.39 Å². The van der Waals surface area contributed by atoms with E-state index in [1.165, 1.54) is 6.07 Å². The first-order valence-electron chi connectivity index (χ1n) is 4.26. The smallest absolute Gasteiger partial charge is 0.405 e. The van der Waals surface area contributed by atoms with Gasteiger partial charge in [0, 0.05) is 0 Å². The first-order valence-corrected chi connectivity index (χ1v) is 4.26. The summed E-state index contributed by atoms with van der Waals surface area (Å²) < 4.78 is 23.5. The van der Waals surface area contributed by atoms with E-state index in [9.17, 15) is 4.39 Å². The Kier molecular flexibility index (Phi) is 2.33. The third-order valence-electron chi connectivity index (χ3n) is 2.08. The number of hydrogen-bond acceptors (Lipinski definition) is 2. The van der Waals surface area contributed by atoms with Gasteiger partial charge in [-0.3, -0.25) is 0 Å². The van der Waals surface area contributed by atoms with Crippen molar-refractivity contribution < 1.29 is 13.7 Å². The fourth-order valence-corrected chi connectivity index (χ4v) is 1.37. The van der Waals surface area contributed by atoms with E-state index in [1.807, 2.05) is 0 Å². The van der Waals surface area contributed by atoms with E-state index in [-0.39, 0.29) is 12.9 Å². The molecule has 0 aromatic heterocycles. The Morgan fingerprint density at radius 2 is 2.00 bits per heavy atom. The molecule has 0 radical (unpaired) electrons. The first kappa shape index (κ1) is 8.72. The molecule has 13 heavy (non-hydrogen) atoms. The van der Waals surface area contributed by atoms with Crippen molar-refractivity contribution in [3.63, 3.8) is 0 Å². The minimum absolute atomic E-state index is 0.193. The zero-order valence-corrected chi connectivity index (χ0v) is 7.42. The van der Waals surface area contributed by atoms with Gasteiger partial charge in [-0.05, 0) is 24.0 Å². The van der Waals surface area contributed by atoms with E-state index >= 15 is 0 Å². The molecule has 1 aromatic rings. The molecule has 0 aliphatic carbocycles. The quantitative estimate of drug-likeness (QED) is 0.597. The summed E-state index contributed by atoms with van der Waals surface area (Å²) >= 11 is 0. The van der Waals surface area contributed by atoms with Gasteiger partial charge in [-0.2, -0.15) is 0 Å². The van der Waals surface area contributed by atoms with Gasteiger partial charge in [0.15, 0.2) is 0 Å². The van der Waals surface area contributed by atoms with Crippen molar-refractivity contribution in [1.82, 2.24) is 0 Å². The second kappa shape index (κ2) is 3.48. The molecular formula is C9H10BFO2. The molecule has 0 unspecified atom stereocenters. The van der Waals surface area contributed by atoms with E-state index in [4.69, 9.17) is 9.31 Å². The molecule has 2 nitrogen and oxygen atoms in total. The number of rotatable bonds is 1.